The third-order valence-electron chi connectivity index (χ3n) is 10.7. The van der Waals surface area contributed by atoms with E-state index >= 15 is 0 Å². The largest absolute Gasteiger partial charge is 0.458 e. The first-order valence-corrected chi connectivity index (χ1v) is 14.9. The van der Waals surface area contributed by atoms with Crippen LogP contribution in [0.15, 0.2) is 48.1 Å². The number of ketones is 2. The Kier molecular flexibility index (Phi) is 8.29. The summed E-state index contributed by atoms with van der Waals surface area (Å²) in [5.74, 6) is -2.03. The monoisotopic (exact) mass is 581 g/mol. The molecular weight excluding hydrogens is 541 g/mol. The standard InChI is InChI=1S/C33H40FNO7/c1-31-14-11-23(36)17-21(31)5-8-24-25-12-15-33(41,32(25,2)18-26(37)30(24)31)27(38)19-42-29(40)10-9-28(39)35-16-13-20-3-6-22(34)7-4-20/h3-4,6-7,11,14,17,24-26,30,37,41H,5,8-10,12-13,15-16,18-19H2,1-2H3,(H,35,39)/t24?,25?,26?,30?,31-,32-,33-/m0/s1. The Labute approximate surface area is 245 Å². The molecule has 8 nitrogen and oxygen atoms in total. The first-order valence-electron chi connectivity index (χ1n) is 14.9. The Hall–Kier alpha value is -3.17. The van der Waals surface area contributed by atoms with Crippen LogP contribution in [0, 0.1) is 34.4 Å². The summed E-state index contributed by atoms with van der Waals surface area (Å²) in [4.78, 5) is 49.9. The van der Waals surface area contributed by atoms with E-state index in [9.17, 15) is 33.8 Å². The number of benzene rings is 1. The van der Waals surface area contributed by atoms with Crippen molar-refractivity contribution in [2.75, 3.05) is 13.2 Å². The molecule has 4 aliphatic rings. The van der Waals surface area contributed by atoms with Gasteiger partial charge in [0.05, 0.1) is 12.5 Å². The second-order valence-electron chi connectivity index (χ2n) is 12.9. The van der Waals surface area contributed by atoms with Gasteiger partial charge in [0.1, 0.15) is 11.4 Å². The van der Waals surface area contributed by atoms with Crippen LogP contribution in [0.25, 0.3) is 0 Å². The van der Waals surface area contributed by atoms with Crippen molar-refractivity contribution in [3.63, 3.8) is 0 Å². The van der Waals surface area contributed by atoms with E-state index in [0.717, 1.165) is 24.0 Å². The molecule has 0 bridgehead atoms. The molecule has 0 heterocycles. The summed E-state index contributed by atoms with van der Waals surface area (Å²) in [6.45, 7) is 3.68. The number of Topliss-reactive ketones (excluding diaryl/α,β-unsaturated/α-hetero) is 1. The van der Waals surface area contributed by atoms with Gasteiger partial charge in [-0.15, -0.1) is 0 Å². The van der Waals surface area contributed by atoms with Crippen molar-refractivity contribution in [1.29, 1.82) is 0 Å². The number of halogens is 1. The van der Waals surface area contributed by atoms with E-state index in [2.05, 4.69) is 12.2 Å². The van der Waals surface area contributed by atoms with Gasteiger partial charge in [0.2, 0.25) is 11.7 Å². The smallest absolute Gasteiger partial charge is 0.306 e. The highest BCUT2D eigenvalue weighted by atomic mass is 19.1. The highest BCUT2D eigenvalue weighted by Gasteiger charge is 2.68. The number of esters is 1. The summed E-state index contributed by atoms with van der Waals surface area (Å²) in [6.07, 6.45) is 7.21. The average molecular weight is 582 g/mol. The first-order chi connectivity index (χ1) is 19.9. The number of hydrogen-bond donors (Lipinski definition) is 3. The predicted molar refractivity (Wildman–Crippen MR) is 151 cm³/mol. The van der Waals surface area contributed by atoms with Gasteiger partial charge in [-0.1, -0.05) is 37.6 Å². The van der Waals surface area contributed by atoms with Crippen LogP contribution < -0.4 is 5.32 Å². The van der Waals surface area contributed by atoms with Gasteiger partial charge < -0.3 is 20.3 Å². The van der Waals surface area contributed by atoms with Crippen molar-refractivity contribution in [1.82, 2.24) is 5.32 Å². The summed E-state index contributed by atoms with van der Waals surface area (Å²) >= 11 is 0. The number of allylic oxidation sites excluding steroid dienone is 4. The van der Waals surface area contributed by atoms with Crippen LogP contribution in [-0.2, 0) is 30.3 Å². The summed E-state index contributed by atoms with van der Waals surface area (Å²) in [5, 5.41) is 26.0. The second kappa shape index (κ2) is 11.5. The Morgan fingerprint density at radius 1 is 1.12 bits per heavy atom. The van der Waals surface area contributed by atoms with E-state index in [0.29, 0.717) is 19.4 Å². The molecule has 4 aliphatic carbocycles. The van der Waals surface area contributed by atoms with Crippen molar-refractivity contribution in [2.24, 2.45) is 28.6 Å². The van der Waals surface area contributed by atoms with Crippen LogP contribution in [0.1, 0.15) is 64.4 Å². The lowest BCUT2D eigenvalue weighted by atomic mass is 9.46. The van der Waals surface area contributed by atoms with E-state index in [1.54, 1.807) is 24.3 Å². The van der Waals surface area contributed by atoms with Crippen LogP contribution in [0.3, 0.4) is 0 Å². The molecule has 226 valence electrons. The molecule has 9 heteroatoms. The summed E-state index contributed by atoms with van der Waals surface area (Å²) < 4.78 is 18.2. The molecule has 0 radical (unpaired) electrons. The minimum atomic E-state index is -1.74. The van der Waals surface area contributed by atoms with Gasteiger partial charge in [-0.3, -0.25) is 19.2 Å². The molecule has 0 aromatic heterocycles. The highest BCUT2D eigenvalue weighted by Crippen LogP contribution is 2.67. The fourth-order valence-corrected chi connectivity index (χ4v) is 8.43. The minimum Gasteiger partial charge on any atom is -0.458 e. The van der Waals surface area contributed by atoms with Crippen molar-refractivity contribution in [3.05, 3.63) is 59.4 Å². The molecule has 0 saturated heterocycles. The van der Waals surface area contributed by atoms with Gasteiger partial charge in [0, 0.05) is 29.7 Å². The molecule has 5 rings (SSSR count). The SMILES string of the molecule is C[C@]12C=CC(=O)C=C1CCC1C2C(O)C[C@@]2(C)C1CC[C@]2(O)C(=O)COC(=O)CCC(=O)NCCc1ccc(F)cc1. The molecule has 3 saturated carbocycles. The van der Waals surface area contributed by atoms with Gasteiger partial charge >= 0.3 is 5.97 Å². The fraction of sp³-hybridized carbons (Fsp3) is 0.576. The quantitative estimate of drug-likeness (QED) is 0.381. The molecular formula is C33H40FNO7. The summed E-state index contributed by atoms with van der Waals surface area (Å²) in [5.41, 5.74) is -1.15. The van der Waals surface area contributed by atoms with Gasteiger partial charge in [-0.2, -0.15) is 0 Å². The number of aliphatic hydroxyl groups excluding tert-OH is 1. The Bertz CT molecular complexity index is 1320. The molecule has 0 aliphatic heterocycles. The summed E-state index contributed by atoms with van der Waals surface area (Å²) in [7, 11) is 0. The molecule has 42 heavy (non-hydrogen) atoms. The minimum absolute atomic E-state index is 0.00133. The normalized spacial score (nSPS) is 35.0. The number of ether oxygens (including phenoxy) is 1. The molecule has 1 amide bonds. The number of nitrogens with one attached hydrogen (secondary N) is 1. The molecule has 1 aromatic carbocycles. The number of hydrogen-bond acceptors (Lipinski definition) is 7. The number of amides is 1. The van der Waals surface area contributed by atoms with Crippen molar-refractivity contribution >= 4 is 23.4 Å². The number of fused-ring (bicyclic) bond motifs is 5. The van der Waals surface area contributed by atoms with E-state index in [-0.39, 0.29) is 60.9 Å². The van der Waals surface area contributed by atoms with Gasteiger partial charge in [-0.25, -0.2) is 4.39 Å². The summed E-state index contributed by atoms with van der Waals surface area (Å²) in [6, 6.07) is 5.99. The Morgan fingerprint density at radius 2 is 1.86 bits per heavy atom. The molecule has 1 aromatic rings. The van der Waals surface area contributed by atoms with Crippen LogP contribution in [0.2, 0.25) is 0 Å². The van der Waals surface area contributed by atoms with E-state index in [4.69, 9.17) is 4.74 Å². The zero-order valence-corrected chi connectivity index (χ0v) is 24.2. The van der Waals surface area contributed by atoms with Crippen molar-refractivity contribution < 1.29 is 38.5 Å². The second-order valence-corrected chi connectivity index (χ2v) is 12.9. The van der Waals surface area contributed by atoms with E-state index in [1.165, 1.54) is 12.1 Å². The van der Waals surface area contributed by atoms with Crippen LogP contribution in [0.4, 0.5) is 4.39 Å². The predicted octanol–water partition coefficient (Wildman–Crippen LogP) is 3.39. The zero-order chi connectivity index (χ0) is 30.3. The number of carbonyl (C=O) groups excluding carboxylic acids is 4. The van der Waals surface area contributed by atoms with Crippen LogP contribution >= 0.6 is 0 Å². The van der Waals surface area contributed by atoms with Crippen LogP contribution in [-0.4, -0.2) is 58.5 Å². The number of aliphatic hydroxyl groups is 2. The molecule has 3 N–H and O–H groups in total. The maximum atomic E-state index is 13.4. The van der Waals surface area contributed by atoms with Gasteiger partial charge in [-0.05, 0) is 80.2 Å². The van der Waals surface area contributed by atoms with Crippen molar-refractivity contribution in [3.8, 4) is 0 Å². The Balaban J connectivity index is 1.14. The zero-order valence-electron chi connectivity index (χ0n) is 24.2. The third-order valence-corrected chi connectivity index (χ3v) is 10.7. The maximum absolute atomic E-state index is 13.4. The first kappa shape index (κ1) is 30.3. The molecule has 4 unspecified atom stereocenters. The van der Waals surface area contributed by atoms with Crippen LogP contribution in [0.5, 0.6) is 0 Å². The molecule has 0 spiro atoms. The fourth-order valence-electron chi connectivity index (χ4n) is 8.43. The lowest BCUT2D eigenvalue weighted by Crippen LogP contribution is -2.61. The average Bonchev–Trinajstić information content (AvgIpc) is 3.22. The van der Waals surface area contributed by atoms with Crippen molar-refractivity contribution in [2.45, 2.75) is 76.9 Å². The lowest BCUT2D eigenvalue weighted by Gasteiger charge is -2.59. The Morgan fingerprint density at radius 3 is 2.60 bits per heavy atom. The highest BCUT2D eigenvalue weighted by molar-refractivity contribution is 6.01. The molecule has 3 fully saturated rings. The van der Waals surface area contributed by atoms with Gasteiger partial charge in [0.25, 0.3) is 0 Å². The third kappa shape index (κ3) is 5.37. The number of carbonyl (C=O) groups is 4. The lowest BCUT2D eigenvalue weighted by molar-refractivity contribution is -0.181. The van der Waals surface area contributed by atoms with E-state index < -0.39 is 40.9 Å². The molecule has 7 atom stereocenters. The maximum Gasteiger partial charge on any atom is 0.306 e. The van der Waals surface area contributed by atoms with E-state index in [1.807, 2.05) is 13.0 Å². The van der Waals surface area contributed by atoms with Gasteiger partial charge in [0.15, 0.2) is 12.4 Å². The topological polar surface area (TPSA) is 130 Å². The number of rotatable bonds is 9.